The third-order valence-corrected chi connectivity index (χ3v) is 9.09. The monoisotopic (exact) mass is 343 g/mol. The molecule has 140 valence electrons. The third-order valence-electron chi connectivity index (χ3n) is 9.09. The largest absolute Gasteiger partial charge is 0.349 e. The van der Waals surface area contributed by atoms with Crippen molar-refractivity contribution in [2.45, 2.75) is 91.5 Å². The van der Waals surface area contributed by atoms with E-state index in [-0.39, 0.29) is 11.3 Å². The van der Waals surface area contributed by atoms with Crippen molar-refractivity contribution < 1.29 is 4.79 Å². The highest BCUT2D eigenvalue weighted by atomic mass is 16.1. The Bertz CT molecular complexity index is 583. The van der Waals surface area contributed by atoms with Crippen LogP contribution in [0.3, 0.4) is 0 Å². The van der Waals surface area contributed by atoms with Gasteiger partial charge in [0, 0.05) is 11.5 Å². The lowest BCUT2D eigenvalue weighted by Gasteiger charge is -2.64. The Kier molecular flexibility index (Phi) is 4.13. The first-order valence-electron chi connectivity index (χ1n) is 10.8. The summed E-state index contributed by atoms with van der Waals surface area (Å²) in [5, 5.41) is 3.37. The molecule has 3 saturated carbocycles. The minimum Gasteiger partial charge on any atom is -0.349 e. The molecule has 1 N–H and O–H groups in total. The molecule has 0 bridgehead atoms. The zero-order valence-electron chi connectivity index (χ0n) is 16.7. The molecule has 4 rings (SSSR count). The van der Waals surface area contributed by atoms with E-state index in [1.807, 2.05) is 6.08 Å². The summed E-state index contributed by atoms with van der Waals surface area (Å²) in [6.45, 7) is 9.93. The average molecular weight is 344 g/mol. The van der Waals surface area contributed by atoms with Crippen LogP contribution in [0, 0.1) is 34.0 Å². The maximum absolute atomic E-state index is 12.1. The van der Waals surface area contributed by atoms with Crippen molar-refractivity contribution in [2.24, 2.45) is 34.0 Å². The summed E-state index contributed by atoms with van der Waals surface area (Å²) in [6.07, 6.45) is 16.3. The topological polar surface area (TPSA) is 29.1 Å². The van der Waals surface area contributed by atoms with E-state index >= 15 is 0 Å². The van der Waals surface area contributed by atoms with Gasteiger partial charge in [-0.3, -0.25) is 4.79 Å². The molecule has 0 aromatic rings. The Hall–Kier alpha value is -0.790. The van der Waals surface area contributed by atoms with Crippen molar-refractivity contribution in [2.75, 3.05) is 0 Å². The molecule has 0 aromatic heterocycles. The van der Waals surface area contributed by atoms with E-state index in [9.17, 15) is 4.79 Å². The van der Waals surface area contributed by atoms with E-state index < -0.39 is 0 Å². The molecule has 0 saturated heterocycles. The number of hydrogen-bond acceptors (Lipinski definition) is 1. The summed E-state index contributed by atoms with van der Waals surface area (Å²) >= 11 is 0. The van der Waals surface area contributed by atoms with Crippen LogP contribution in [0.15, 0.2) is 12.2 Å². The minimum absolute atomic E-state index is 0.125. The van der Waals surface area contributed by atoms with Crippen molar-refractivity contribution in [3.63, 3.8) is 0 Å². The fourth-order valence-corrected chi connectivity index (χ4v) is 7.65. The smallest absolute Gasteiger partial charge is 0.243 e. The molecule has 3 fully saturated rings. The summed E-state index contributed by atoms with van der Waals surface area (Å²) in [4.78, 5) is 12.1. The number of hydrogen-bond donors (Lipinski definition) is 1. The lowest BCUT2D eigenvalue weighted by Crippen LogP contribution is -2.64. The van der Waals surface area contributed by atoms with Crippen LogP contribution >= 0.6 is 0 Å². The Morgan fingerprint density at radius 3 is 2.72 bits per heavy atom. The molecule has 1 amide bonds. The summed E-state index contributed by atoms with van der Waals surface area (Å²) in [6, 6.07) is 0.332. The maximum atomic E-state index is 12.1. The summed E-state index contributed by atoms with van der Waals surface area (Å²) < 4.78 is 0. The second kappa shape index (κ2) is 5.86. The van der Waals surface area contributed by atoms with E-state index in [1.54, 1.807) is 0 Å². The van der Waals surface area contributed by atoms with Gasteiger partial charge in [-0.05, 0) is 73.2 Å². The predicted molar refractivity (Wildman–Crippen MR) is 103 cm³/mol. The van der Waals surface area contributed by atoms with E-state index in [0.717, 1.165) is 17.8 Å². The zero-order chi connectivity index (χ0) is 17.9. The first-order chi connectivity index (χ1) is 11.8. The van der Waals surface area contributed by atoms with Gasteiger partial charge in [-0.25, -0.2) is 0 Å². The molecule has 3 aliphatic carbocycles. The lowest BCUT2D eigenvalue weighted by atomic mass is 9.42. The first-order valence-corrected chi connectivity index (χ1v) is 10.8. The van der Waals surface area contributed by atoms with Gasteiger partial charge in [0.25, 0.3) is 0 Å². The molecule has 1 aliphatic heterocycles. The van der Waals surface area contributed by atoms with Gasteiger partial charge in [0.05, 0.1) is 0 Å². The van der Waals surface area contributed by atoms with Gasteiger partial charge in [0.15, 0.2) is 0 Å². The van der Waals surface area contributed by atoms with E-state index in [4.69, 9.17) is 0 Å². The van der Waals surface area contributed by atoms with Gasteiger partial charge in [0.2, 0.25) is 5.91 Å². The second-order valence-corrected chi connectivity index (χ2v) is 10.5. The number of rotatable bonds is 3. The fourth-order valence-electron chi connectivity index (χ4n) is 7.65. The maximum Gasteiger partial charge on any atom is 0.243 e. The molecule has 0 radical (unpaired) electrons. The van der Waals surface area contributed by atoms with Gasteiger partial charge >= 0.3 is 0 Å². The molecule has 25 heavy (non-hydrogen) atoms. The van der Waals surface area contributed by atoms with Crippen LogP contribution in [-0.2, 0) is 4.79 Å². The van der Waals surface area contributed by atoms with Crippen LogP contribution in [-0.4, -0.2) is 11.9 Å². The predicted octanol–water partition coefficient (Wildman–Crippen LogP) is 5.48. The number of nitrogens with one attached hydrogen (secondary N) is 1. The fraction of sp³-hybridized carbons (Fsp3) is 0.870. The van der Waals surface area contributed by atoms with Crippen molar-refractivity contribution in [3.05, 3.63) is 12.2 Å². The standard InChI is InChI=1S/C23H37NO/c1-5-6-11-22(3)15-18-23(4,14-10-19(25)24-18)17-9-13-21(2)12-7-8-16(21)20(17)22/h10,14,16-18,20H,5-9,11-13,15H2,1-4H3,(H,24,25)/t16-,17-,18+,20-,21-,22-,23+/m0/s1. The van der Waals surface area contributed by atoms with Crippen molar-refractivity contribution in [3.8, 4) is 0 Å². The molecule has 0 unspecified atom stereocenters. The minimum atomic E-state index is 0.125. The van der Waals surface area contributed by atoms with Gasteiger partial charge in [-0.2, -0.15) is 0 Å². The molecule has 1 heterocycles. The van der Waals surface area contributed by atoms with Crippen LogP contribution in [0.25, 0.3) is 0 Å². The molecular weight excluding hydrogens is 306 g/mol. The SMILES string of the molecule is CCCC[C@@]1(C)C[C@H]2NC(=O)C=C[C@]2(C)[C@H]2CC[C@]3(C)CCC[C@H]3[C@@H]21. The van der Waals surface area contributed by atoms with E-state index in [2.05, 4.69) is 39.1 Å². The lowest BCUT2D eigenvalue weighted by molar-refractivity contribution is -0.140. The molecule has 2 nitrogen and oxygen atoms in total. The Morgan fingerprint density at radius 2 is 1.96 bits per heavy atom. The van der Waals surface area contributed by atoms with Gasteiger partial charge in [-0.15, -0.1) is 0 Å². The molecule has 7 atom stereocenters. The number of carbonyl (C=O) groups is 1. The van der Waals surface area contributed by atoms with Crippen LogP contribution in [0.5, 0.6) is 0 Å². The van der Waals surface area contributed by atoms with Crippen LogP contribution < -0.4 is 5.32 Å². The zero-order valence-corrected chi connectivity index (χ0v) is 16.7. The van der Waals surface area contributed by atoms with Gasteiger partial charge < -0.3 is 5.32 Å². The Balaban J connectivity index is 1.76. The van der Waals surface area contributed by atoms with Gasteiger partial charge in [-0.1, -0.05) is 53.0 Å². The molecule has 0 aromatic carbocycles. The molecule has 2 heteroatoms. The number of carbonyl (C=O) groups excluding carboxylic acids is 1. The number of amides is 1. The van der Waals surface area contributed by atoms with Crippen LogP contribution in [0.1, 0.15) is 85.5 Å². The highest BCUT2D eigenvalue weighted by molar-refractivity contribution is 5.89. The first kappa shape index (κ1) is 17.6. The van der Waals surface area contributed by atoms with Crippen LogP contribution in [0.2, 0.25) is 0 Å². The summed E-state index contributed by atoms with van der Waals surface area (Å²) in [7, 11) is 0. The molecular formula is C23H37NO. The Morgan fingerprint density at radius 1 is 1.16 bits per heavy atom. The summed E-state index contributed by atoms with van der Waals surface area (Å²) in [5.41, 5.74) is 1.13. The number of unbranched alkanes of at least 4 members (excludes halogenated alkanes) is 1. The molecule has 0 spiro atoms. The second-order valence-electron chi connectivity index (χ2n) is 10.5. The average Bonchev–Trinajstić information content (AvgIpc) is 2.96. The third kappa shape index (κ3) is 2.53. The van der Waals surface area contributed by atoms with Crippen molar-refractivity contribution in [1.29, 1.82) is 0 Å². The normalized spacial score (nSPS) is 51.4. The van der Waals surface area contributed by atoms with Crippen molar-refractivity contribution >= 4 is 5.91 Å². The van der Waals surface area contributed by atoms with E-state index in [0.29, 0.717) is 16.9 Å². The number of fused-ring (bicyclic) bond motifs is 5. The van der Waals surface area contributed by atoms with E-state index in [1.165, 1.54) is 57.8 Å². The molecule has 4 aliphatic rings. The van der Waals surface area contributed by atoms with Gasteiger partial charge in [0.1, 0.15) is 0 Å². The Labute approximate surface area is 154 Å². The summed E-state index contributed by atoms with van der Waals surface area (Å²) in [5.74, 6) is 2.60. The van der Waals surface area contributed by atoms with Crippen molar-refractivity contribution in [1.82, 2.24) is 5.32 Å². The highest BCUT2D eigenvalue weighted by Crippen LogP contribution is 2.68. The highest BCUT2D eigenvalue weighted by Gasteiger charge is 2.63. The van der Waals surface area contributed by atoms with Crippen LogP contribution in [0.4, 0.5) is 0 Å². The quantitative estimate of drug-likeness (QED) is 0.722.